The van der Waals surface area contributed by atoms with Crippen LogP contribution in [0.4, 0.5) is 0 Å². The molecule has 14 heavy (non-hydrogen) atoms. The Bertz CT molecular complexity index is 195. The minimum atomic E-state index is -2.49. The Labute approximate surface area is 85.2 Å². The molecule has 0 aromatic carbocycles. The second-order valence-electron chi connectivity index (χ2n) is 2.64. The molecule has 0 atom stereocenters. The van der Waals surface area contributed by atoms with Crippen LogP contribution in [0.15, 0.2) is 12.2 Å². The first-order valence-electron chi connectivity index (χ1n) is 4.21. The molecule has 1 amide bonds. The minimum Gasteiger partial charge on any atom is -0.377 e. The van der Waals surface area contributed by atoms with E-state index in [2.05, 4.69) is 0 Å². The fourth-order valence-electron chi connectivity index (χ4n) is 1.02. The minimum absolute atomic E-state index is 0.454. The normalized spacial score (nSPS) is 12.2. The van der Waals surface area contributed by atoms with Gasteiger partial charge in [-0.2, -0.15) is 0 Å². The molecule has 0 unspecified atom stereocenters. The van der Waals surface area contributed by atoms with Crippen LogP contribution in [0.2, 0.25) is 6.04 Å². The molecule has 0 fully saturated rings. The van der Waals surface area contributed by atoms with Gasteiger partial charge in [-0.05, 0) is 12.5 Å². The Kier molecular flexibility index (Phi) is 6.38. The lowest BCUT2D eigenvalue weighted by atomic mass is 10.4. The summed E-state index contributed by atoms with van der Waals surface area (Å²) < 4.78 is 15.6. The first-order valence-corrected chi connectivity index (χ1v) is 6.15. The Morgan fingerprint density at radius 3 is 2.14 bits per heavy atom. The zero-order valence-corrected chi connectivity index (χ0v) is 9.78. The van der Waals surface area contributed by atoms with E-state index in [-0.39, 0.29) is 0 Å². The summed E-state index contributed by atoms with van der Waals surface area (Å²) in [4.78, 5) is 10.4. The van der Waals surface area contributed by atoms with Crippen LogP contribution in [0.25, 0.3) is 0 Å². The molecule has 0 saturated heterocycles. The third-order valence-electron chi connectivity index (χ3n) is 1.83. The smallest absolute Gasteiger partial charge is 0.377 e. The van der Waals surface area contributed by atoms with Gasteiger partial charge in [0.05, 0.1) is 0 Å². The molecule has 0 aromatic rings. The third-order valence-corrected chi connectivity index (χ3v) is 4.60. The molecule has 0 aliphatic heterocycles. The number of amides is 1. The molecule has 82 valence electrons. The van der Waals surface area contributed by atoms with Crippen LogP contribution in [-0.4, -0.2) is 36.0 Å². The van der Waals surface area contributed by atoms with Gasteiger partial charge in [-0.3, -0.25) is 4.79 Å². The number of primary amides is 1. The molecular formula is C8H17NO4Si. The first kappa shape index (κ1) is 13.3. The molecule has 0 saturated carbocycles. The van der Waals surface area contributed by atoms with E-state index in [1.165, 1.54) is 6.08 Å². The van der Waals surface area contributed by atoms with Gasteiger partial charge in [0.25, 0.3) is 0 Å². The molecule has 0 radical (unpaired) electrons. The summed E-state index contributed by atoms with van der Waals surface area (Å²) in [6, 6.07) is 0.625. The average Bonchev–Trinajstić information content (AvgIpc) is 2.19. The van der Waals surface area contributed by atoms with Gasteiger partial charge in [0.2, 0.25) is 5.91 Å². The van der Waals surface area contributed by atoms with Gasteiger partial charge in [-0.1, -0.05) is 6.08 Å². The van der Waals surface area contributed by atoms with Gasteiger partial charge in [-0.15, -0.1) is 0 Å². The topological polar surface area (TPSA) is 70.8 Å². The number of rotatable bonds is 7. The van der Waals surface area contributed by atoms with Gasteiger partial charge in [-0.25, -0.2) is 0 Å². The lowest BCUT2D eigenvalue weighted by Crippen LogP contribution is -2.42. The van der Waals surface area contributed by atoms with E-state index >= 15 is 0 Å². The van der Waals surface area contributed by atoms with Crippen LogP contribution in [0.3, 0.4) is 0 Å². The summed E-state index contributed by atoms with van der Waals surface area (Å²) in [5.74, 6) is -0.454. The molecule has 0 aliphatic rings. The lowest BCUT2D eigenvalue weighted by Gasteiger charge is -2.23. The van der Waals surface area contributed by atoms with Gasteiger partial charge in [0, 0.05) is 27.4 Å². The maximum Gasteiger partial charge on any atom is 0.500 e. The largest absolute Gasteiger partial charge is 0.500 e. The first-order chi connectivity index (χ1) is 6.60. The Hall–Kier alpha value is -0.693. The van der Waals surface area contributed by atoms with Crippen molar-refractivity contribution >= 4 is 14.7 Å². The monoisotopic (exact) mass is 219 g/mol. The van der Waals surface area contributed by atoms with Gasteiger partial charge >= 0.3 is 8.80 Å². The molecule has 6 heteroatoms. The highest BCUT2D eigenvalue weighted by Gasteiger charge is 2.36. The lowest BCUT2D eigenvalue weighted by molar-refractivity contribution is -0.113. The number of carbonyl (C=O) groups excluding carboxylic acids is 1. The van der Waals surface area contributed by atoms with Crippen molar-refractivity contribution in [1.82, 2.24) is 0 Å². The quantitative estimate of drug-likeness (QED) is 0.493. The second-order valence-corrected chi connectivity index (χ2v) is 5.73. The molecule has 0 aliphatic carbocycles. The highest BCUT2D eigenvalue weighted by Crippen LogP contribution is 2.14. The molecule has 0 bridgehead atoms. The molecule has 5 nitrogen and oxygen atoms in total. The molecule has 0 heterocycles. The van der Waals surface area contributed by atoms with E-state index < -0.39 is 14.7 Å². The zero-order chi connectivity index (χ0) is 11.0. The molecule has 0 spiro atoms. The van der Waals surface area contributed by atoms with E-state index in [1.807, 2.05) is 0 Å². The zero-order valence-electron chi connectivity index (χ0n) is 8.78. The van der Waals surface area contributed by atoms with E-state index in [9.17, 15) is 4.79 Å². The van der Waals surface area contributed by atoms with Crippen molar-refractivity contribution < 1.29 is 18.1 Å². The van der Waals surface area contributed by atoms with Crippen molar-refractivity contribution in [3.63, 3.8) is 0 Å². The fourth-order valence-corrected chi connectivity index (χ4v) is 2.65. The van der Waals surface area contributed by atoms with Crippen molar-refractivity contribution in [3.8, 4) is 0 Å². The SMILES string of the molecule is CO[Si](CCC=CC(N)=O)(OC)OC. The summed E-state index contributed by atoms with van der Waals surface area (Å²) in [6.07, 6.45) is 3.64. The summed E-state index contributed by atoms with van der Waals surface area (Å²) in [7, 11) is 2.17. The van der Waals surface area contributed by atoms with Crippen LogP contribution >= 0.6 is 0 Å². The molecule has 2 N–H and O–H groups in total. The Balaban J connectivity index is 4.00. The Morgan fingerprint density at radius 2 is 1.79 bits per heavy atom. The van der Waals surface area contributed by atoms with Crippen LogP contribution < -0.4 is 5.73 Å². The number of hydrogen-bond donors (Lipinski definition) is 1. The summed E-state index contributed by atoms with van der Waals surface area (Å²) in [6.45, 7) is 0. The standard InChI is InChI=1S/C8H17NO4Si/c1-11-14(12-2,13-3)7-5-4-6-8(9)10/h4,6H,5,7H2,1-3H3,(H2,9,10). The number of nitrogens with two attached hydrogens (primary N) is 1. The maximum atomic E-state index is 10.4. The van der Waals surface area contributed by atoms with E-state index in [0.29, 0.717) is 12.5 Å². The van der Waals surface area contributed by atoms with Gasteiger partial charge < -0.3 is 19.0 Å². The van der Waals surface area contributed by atoms with E-state index in [1.54, 1.807) is 27.4 Å². The maximum absolute atomic E-state index is 10.4. The number of allylic oxidation sites excluding steroid dienone is 1. The van der Waals surface area contributed by atoms with Crippen LogP contribution in [0, 0.1) is 0 Å². The summed E-state index contributed by atoms with van der Waals surface area (Å²) in [5, 5.41) is 0. The van der Waals surface area contributed by atoms with Crippen molar-refractivity contribution in [2.45, 2.75) is 12.5 Å². The van der Waals surface area contributed by atoms with Crippen molar-refractivity contribution in [2.75, 3.05) is 21.3 Å². The van der Waals surface area contributed by atoms with E-state index in [0.717, 1.165) is 0 Å². The van der Waals surface area contributed by atoms with Gasteiger partial charge in [0.15, 0.2) is 0 Å². The van der Waals surface area contributed by atoms with Crippen LogP contribution in [-0.2, 0) is 18.1 Å². The predicted octanol–water partition coefficient (Wildman–Crippen LogP) is 0.296. The van der Waals surface area contributed by atoms with E-state index in [4.69, 9.17) is 19.0 Å². The molecular weight excluding hydrogens is 202 g/mol. The molecule has 0 rings (SSSR count). The van der Waals surface area contributed by atoms with Crippen molar-refractivity contribution in [1.29, 1.82) is 0 Å². The van der Waals surface area contributed by atoms with Crippen LogP contribution in [0.5, 0.6) is 0 Å². The molecule has 0 aromatic heterocycles. The van der Waals surface area contributed by atoms with Crippen molar-refractivity contribution in [2.24, 2.45) is 5.73 Å². The summed E-state index contributed by atoms with van der Waals surface area (Å²) in [5.41, 5.74) is 4.93. The van der Waals surface area contributed by atoms with Gasteiger partial charge in [0.1, 0.15) is 0 Å². The van der Waals surface area contributed by atoms with Crippen LogP contribution in [0.1, 0.15) is 6.42 Å². The third kappa shape index (κ3) is 4.52. The van der Waals surface area contributed by atoms with Crippen molar-refractivity contribution in [3.05, 3.63) is 12.2 Å². The highest BCUT2D eigenvalue weighted by atomic mass is 28.4. The second kappa shape index (κ2) is 6.72. The predicted molar refractivity (Wildman–Crippen MR) is 54.5 cm³/mol. The summed E-state index contributed by atoms with van der Waals surface area (Å²) >= 11 is 0. The average molecular weight is 219 g/mol. The number of hydrogen-bond acceptors (Lipinski definition) is 4. The fraction of sp³-hybridized carbons (Fsp3) is 0.625. The Morgan fingerprint density at radius 1 is 1.29 bits per heavy atom. The number of carbonyl (C=O) groups is 1. The highest BCUT2D eigenvalue weighted by molar-refractivity contribution is 6.60.